The minimum Gasteiger partial charge on any atom is -0.348 e. The van der Waals surface area contributed by atoms with Crippen molar-refractivity contribution in [3.8, 4) is 0 Å². The second-order valence-electron chi connectivity index (χ2n) is 12.0. The smallest absolute Gasteiger partial charge is 0.348 e. The summed E-state index contributed by atoms with van der Waals surface area (Å²) in [5.41, 5.74) is 18.8. The van der Waals surface area contributed by atoms with Crippen LogP contribution in [0.2, 0.25) is 5.15 Å². The molecule has 1 aromatic heterocycles. The number of fused-ring (bicyclic) bond motifs is 2. The molecule has 11 heteroatoms. The molecule has 4 aromatic rings. The van der Waals surface area contributed by atoms with Crippen LogP contribution in [-0.2, 0) is 44.9 Å². The lowest BCUT2D eigenvalue weighted by Crippen LogP contribution is -2.28. The van der Waals surface area contributed by atoms with Crippen molar-refractivity contribution < 1.29 is 22.8 Å². The second kappa shape index (κ2) is 15.1. The van der Waals surface area contributed by atoms with E-state index in [4.69, 9.17) is 23.1 Å². The van der Waals surface area contributed by atoms with Gasteiger partial charge in [0.1, 0.15) is 5.15 Å². The van der Waals surface area contributed by atoms with Crippen LogP contribution in [-0.4, -0.2) is 28.9 Å². The van der Waals surface area contributed by atoms with Gasteiger partial charge in [0.05, 0.1) is 5.56 Å². The number of hydrogen-bond acceptors (Lipinski definition) is 5. The van der Waals surface area contributed by atoms with Gasteiger partial charge in [0.25, 0.3) is 11.8 Å². The minimum atomic E-state index is -4.35. The number of alkyl halides is 3. The van der Waals surface area contributed by atoms with Gasteiger partial charge in [-0.05, 0) is 114 Å². The summed E-state index contributed by atoms with van der Waals surface area (Å²) in [6.07, 6.45) is 2.72. The van der Waals surface area contributed by atoms with Crippen LogP contribution in [0.1, 0.15) is 72.5 Å². The quantitative estimate of drug-likeness (QED) is 0.191. The molecule has 2 aliphatic rings. The molecule has 0 saturated heterocycles. The maximum absolute atomic E-state index is 12.5. The monoisotopic (exact) mass is 663 g/mol. The Morgan fingerprint density at radius 1 is 0.723 bits per heavy atom. The third kappa shape index (κ3) is 9.41. The van der Waals surface area contributed by atoms with Crippen LogP contribution in [0, 0.1) is 0 Å². The molecule has 2 aliphatic carbocycles. The number of aromatic nitrogens is 1. The first kappa shape index (κ1) is 34.1. The van der Waals surface area contributed by atoms with Gasteiger partial charge in [-0.15, -0.1) is 0 Å². The van der Waals surface area contributed by atoms with Gasteiger partial charge in [0.2, 0.25) is 0 Å². The molecule has 2 atom stereocenters. The molecular weight excluding hydrogens is 627 g/mol. The molecule has 7 nitrogen and oxygen atoms in total. The van der Waals surface area contributed by atoms with Crippen molar-refractivity contribution in [1.82, 2.24) is 15.6 Å². The number of aryl methyl sites for hydroxylation is 2. The SMILES string of the molecule is NC1CCc2cc(C(=O)NCc3ccc(C(F)(F)F)cc3)ccc2C1.NC1CCc2cc(C(=O)NCc3ccc(Cl)nc3)ccc2C1. The van der Waals surface area contributed by atoms with Gasteiger partial charge >= 0.3 is 6.18 Å². The highest BCUT2D eigenvalue weighted by Crippen LogP contribution is 2.29. The fourth-order valence-electron chi connectivity index (χ4n) is 5.74. The lowest BCUT2D eigenvalue weighted by Gasteiger charge is -2.21. The first-order valence-corrected chi connectivity index (χ1v) is 15.9. The normalized spacial score (nSPS) is 17.0. The van der Waals surface area contributed by atoms with Crippen LogP contribution in [0.4, 0.5) is 13.2 Å². The Balaban J connectivity index is 0.000000186. The Morgan fingerprint density at radius 3 is 1.68 bits per heavy atom. The maximum Gasteiger partial charge on any atom is 0.416 e. The largest absolute Gasteiger partial charge is 0.416 e. The first-order valence-electron chi connectivity index (χ1n) is 15.5. The zero-order valence-electron chi connectivity index (χ0n) is 25.7. The van der Waals surface area contributed by atoms with E-state index in [1.807, 2.05) is 36.4 Å². The van der Waals surface area contributed by atoms with Gasteiger partial charge in [0.15, 0.2) is 0 Å². The fourth-order valence-corrected chi connectivity index (χ4v) is 5.85. The molecule has 3 aromatic carbocycles. The van der Waals surface area contributed by atoms with Gasteiger partial charge in [0, 0.05) is 42.5 Å². The highest BCUT2D eigenvalue weighted by molar-refractivity contribution is 6.29. The molecular formula is C36H37ClF3N5O2. The van der Waals surface area contributed by atoms with Crippen LogP contribution in [0.3, 0.4) is 0 Å². The Hall–Kier alpha value is -4.25. The summed E-state index contributed by atoms with van der Waals surface area (Å²) in [6.45, 7) is 0.615. The zero-order valence-corrected chi connectivity index (χ0v) is 26.5. The molecule has 0 saturated carbocycles. The van der Waals surface area contributed by atoms with E-state index in [0.717, 1.165) is 61.8 Å². The topological polar surface area (TPSA) is 123 Å². The maximum atomic E-state index is 12.5. The standard InChI is InChI=1S/C19H19F3N2O.C17H18ClN3O/c20-19(21,22)16-6-1-12(2-7-16)11-24-18(25)15-4-3-14-10-17(23)8-5-13(14)9-15;18-16-6-1-11(9-20-16)10-21-17(22)14-3-2-13-8-15(19)5-4-12(13)7-14/h1-4,6-7,9,17H,5,8,10-11,23H2,(H,24,25);1-3,6-7,9,15H,4-5,8,10,19H2,(H,21,22). The van der Waals surface area contributed by atoms with Crippen molar-refractivity contribution in [2.24, 2.45) is 11.5 Å². The van der Waals surface area contributed by atoms with Gasteiger partial charge in [-0.3, -0.25) is 9.59 Å². The van der Waals surface area contributed by atoms with Gasteiger partial charge in [-0.25, -0.2) is 4.98 Å². The summed E-state index contributed by atoms with van der Waals surface area (Å²) in [4.78, 5) is 28.5. The van der Waals surface area contributed by atoms with E-state index in [0.29, 0.717) is 28.4 Å². The number of carbonyl (C=O) groups is 2. The molecule has 6 rings (SSSR count). The van der Waals surface area contributed by atoms with E-state index in [-0.39, 0.29) is 30.4 Å². The van der Waals surface area contributed by atoms with Gasteiger partial charge < -0.3 is 22.1 Å². The van der Waals surface area contributed by atoms with Gasteiger partial charge in [-0.2, -0.15) is 13.2 Å². The molecule has 2 amide bonds. The van der Waals surface area contributed by atoms with Crippen molar-refractivity contribution in [3.63, 3.8) is 0 Å². The van der Waals surface area contributed by atoms with E-state index in [1.54, 1.807) is 18.3 Å². The Labute approximate surface area is 276 Å². The summed E-state index contributed by atoms with van der Waals surface area (Å²) in [6, 6.07) is 20.2. The van der Waals surface area contributed by atoms with Crippen molar-refractivity contribution in [3.05, 3.63) is 134 Å². The zero-order chi connectivity index (χ0) is 33.6. The molecule has 1 heterocycles. The highest BCUT2D eigenvalue weighted by atomic mass is 35.5. The van der Waals surface area contributed by atoms with E-state index >= 15 is 0 Å². The van der Waals surface area contributed by atoms with Crippen LogP contribution in [0.15, 0.2) is 79.0 Å². The molecule has 246 valence electrons. The number of nitrogens with two attached hydrogens (primary N) is 2. The average Bonchev–Trinajstić information content (AvgIpc) is 3.06. The van der Waals surface area contributed by atoms with Crippen LogP contribution in [0.5, 0.6) is 0 Å². The number of nitrogens with zero attached hydrogens (tertiary/aromatic N) is 1. The number of nitrogens with one attached hydrogen (secondary N) is 2. The minimum absolute atomic E-state index is 0.0763. The second-order valence-corrected chi connectivity index (χ2v) is 12.4. The Kier molecular flexibility index (Phi) is 11.0. The summed E-state index contributed by atoms with van der Waals surface area (Å²) < 4.78 is 37.6. The summed E-state index contributed by atoms with van der Waals surface area (Å²) >= 11 is 5.74. The molecule has 47 heavy (non-hydrogen) atoms. The lowest BCUT2D eigenvalue weighted by atomic mass is 9.87. The molecule has 0 fully saturated rings. The van der Waals surface area contributed by atoms with Crippen molar-refractivity contribution in [2.45, 2.75) is 69.9 Å². The number of pyridine rings is 1. The Bertz CT molecular complexity index is 1710. The van der Waals surface area contributed by atoms with Crippen molar-refractivity contribution in [1.29, 1.82) is 0 Å². The van der Waals surface area contributed by atoms with Crippen molar-refractivity contribution >= 4 is 23.4 Å². The van der Waals surface area contributed by atoms with Crippen molar-refractivity contribution in [2.75, 3.05) is 0 Å². The average molecular weight is 664 g/mol. The summed E-state index contributed by atoms with van der Waals surface area (Å²) in [5.74, 6) is -0.315. The van der Waals surface area contributed by atoms with Crippen LogP contribution >= 0.6 is 11.6 Å². The highest BCUT2D eigenvalue weighted by Gasteiger charge is 2.30. The number of halogens is 4. The van der Waals surface area contributed by atoms with Gasteiger partial charge in [-0.1, -0.05) is 41.9 Å². The predicted octanol–water partition coefficient (Wildman–Crippen LogP) is 5.93. The molecule has 2 unspecified atom stereocenters. The lowest BCUT2D eigenvalue weighted by molar-refractivity contribution is -0.137. The molecule has 0 spiro atoms. The van der Waals surface area contributed by atoms with Crippen LogP contribution < -0.4 is 22.1 Å². The van der Waals surface area contributed by atoms with E-state index in [1.165, 1.54) is 28.8 Å². The number of rotatable bonds is 6. The number of benzene rings is 3. The molecule has 0 bridgehead atoms. The van der Waals surface area contributed by atoms with E-state index in [2.05, 4.69) is 15.6 Å². The third-order valence-corrected chi connectivity index (χ3v) is 8.67. The number of amides is 2. The molecule has 0 aliphatic heterocycles. The first-order chi connectivity index (χ1) is 22.4. The predicted molar refractivity (Wildman–Crippen MR) is 176 cm³/mol. The fraction of sp³-hybridized carbons (Fsp3) is 0.306. The van der Waals surface area contributed by atoms with Crippen LogP contribution in [0.25, 0.3) is 0 Å². The molecule has 6 N–H and O–H groups in total. The summed E-state index contributed by atoms with van der Waals surface area (Å²) in [7, 11) is 0. The Morgan fingerprint density at radius 2 is 1.21 bits per heavy atom. The number of carbonyl (C=O) groups excluding carboxylic acids is 2. The van der Waals surface area contributed by atoms with E-state index < -0.39 is 11.7 Å². The van der Waals surface area contributed by atoms with E-state index in [9.17, 15) is 22.8 Å². The third-order valence-electron chi connectivity index (χ3n) is 8.45. The summed E-state index contributed by atoms with van der Waals surface area (Å²) in [5, 5.41) is 6.09. The number of hydrogen-bond donors (Lipinski definition) is 4. The molecule has 0 radical (unpaired) electrons.